The zero-order chi connectivity index (χ0) is 12.5. The standard InChI is InChI=1S/C14H28N2O/c1-12(2)16-7-5-6-15(8-13(16)3)9-14(4)10-17-11-14/h12-13H,5-11H2,1-4H3/t13-/m0/s1. The molecule has 3 nitrogen and oxygen atoms in total. The summed E-state index contributed by atoms with van der Waals surface area (Å²) in [4.78, 5) is 5.29. The molecule has 0 N–H and O–H groups in total. The molecule has 17 heavy (non-hydrogen) atoms. The van der Waals surface area contributed by atoms with Gasteiger partial charge in [0.15, 0.2) is 0 Å². The summed E-state index contributed by atoms with van der Waals surface area (Å²) in [6.07, 6.45) is 1.31. The van der Waals surface area contributed by atoms with E-state index in [0.29, 0.717) is 17.5 Å². The fraction of sp³-hybridized carbons (Fsp3) is 1.00. The lowest BCUT2D eigenvalue weighted by molar-refractivity contribution is -0.115. The number of rotatable bonds is 3. The van der Waals surface area contributed by atoms with Gasteiger partial charge in [-0.3, -0.25) is 4.90 Å². The Bertz CT molecular complexity index is 251. The lowest BCUT2D eigenvalue weighted by atomic mass is 9.88. The molecule has 2 rings (SSSR count). The van der Waals surface area contributed by atoms with E-state index in [1.807, 2.05) is 0 Å². The minimum Gasteiger partial charge on any atom is -0.380 e. The van der Waals surface area contributed by atoms with E-state index in [0.717, 1.165) is 13.2 Å². The van der Waals surface area contributed by atoms with E-state index in [1.165, 1.54) is 32.6 Å². The number of ether oxygens (including phenoxy) is 1. The molecule has 2 aliphatic rings. The Labute approximate surface area is 106 Å². The van der Waals surface area contributed by atoms with Gasteiger partial charge in [-0.15, -0.1) is 0 Å². The summed E-state index contributed by atoms with van der Waals surface area (Å²) >= 11 is 0. The van der Waals surface area contributed by atoms with Crippen molar-refractivity contribution in [1.29, 1.82) is 0 Å². The number of hydrogen-bond donors (Lipinski definition) is 0. The molecule has 0 aromatic heterocycles. The fourth-order valence-corrected chi connectivity index (χ4v) is 3.26. The molecule has 0 aliphatic carbocycles. The molecule has 0 bridgehead atoms. The summed E-state index contributed by atoms with van der Waals surface area (Å²) in [6, 6.07) is 1.36. The lowest BCUT2D eigenvalue weighted by Crippen LogP contribution is -2.50. The van der Waals surface area contributed by atoms with E-state index in [2.05, 4.69) is 37.5 Å². The average molecular weight is 240 g/mol. The fourth-order valence-electron chi connectivity index (χ4n) is 3.26. The van der Waals surface area contributed by atoms with Crippen LogP contribution in [-0.4, -0.2) is 61.3 Å². The van der Waals surface area contributed by atoms with Crippen LogP contribution in [-0.2, 0) is 4.74 Å². The van der Waals surface area contributed by atoms with Gasteiger partial charge in [0.05, 0.1) is 13.2 Å². The van der Waals surface area contributed by atoms with Gasteiger partial charge >= 0.3 is 0 Å². The first-order valence-corrected chi connectivity index (χ1v) is 7.06. The molecule has 0 spiro atoms. The number of hydrogen-bond acceptors (Lipinski definition) is 3. The number of nitrogens with zero attached hydrogens (tertiary/aromatic N) is 2. The van der Waals surface area contributed by atoms with Gasteiger partial charge in [-0.1, -0.05) is 6.92 Å². The van der Waals surface area contributed by atoms with Crippen LogP contribution in [0.5, 0.6) is 0 Å². The Kier molecular flexibility index (Phi) is 4.11. The highest BCUT2D eigenvalue weighted by Crippen LogP contribution is 2.28. The van der Waals surface area contributed by atoms with Crippen molar-refractivity contribution in [2.45, 2.75) is 46.2 Å². The molecular formula is C14H28N2O. The highest BCUT2D eigenvalue weighted by Gasteiger charge is 2.36. The van der Waals surface area contributed by atoms with Crippen molar-refractivity contribution in [3.63, 3.8) is 0 Å². The van der Waals surface area contributed by atoms with Crippen LogP contribution >= 0.6 is 0 Å². The Balaban J connectivity index is 1.88. The van der Waals surface area contributed by atoms with Gasteiger partial charge in [0, 0.05) is 30.6 Å². The highest BCUT2D eigenvalue weighted by molar-refractivity contribution is 4.87. The maximum absolute atomic E-state index is 5.36. The molecule has 2 saturated heterocycles. The summed E-state index contributed by atoms with van der Waals surface area (Å²) in [6.45, 7) is 16.2. The second-order valence-electron chi connectivity index (χ2n) is 6.57. The van der Waals surface area contributed by atoms with E-state index in [1.54, 1.807) is 0 Å². The second kappa shape index (κ2) is 5.25. The van der Waals surface area contributed by atoms with Crippen LogP contribution in [0.2, 0.25) is 0 Å². The molecule has 2 heterocycles. The summed E-state index contributed by atoms with van der Waals surface area (Å²) in [7, 11) is 0. The quantitative estimate of drug-likeness (QED) is 0.748. The average Bonchev–Trinajstić information content (AvgIpc) is 2.37. The van der Waals surface area contributed by atoms with E-state index in [4.69, 9.17) is 4.74 Å². The predicted molar refractivity (Wildman–Crippen MR) is 71.3 cm³/mol. The maximum Gasteiger partial charge on any atom is 0.0554 e. The Morgan fingerprint density at radius 3 is 2.53 bits per heavy atom. The highest BCUT2D eigenvalue weighted by atomic mass is 16.5. The van der Waals surface area contributed by atoms with Crippen LogP contribution in [0.25, 0.3) is 0 Å². The minimum atomic E-state index is 0.423. The zero-order valence-corrected chi connectivity index (χ0v) is 11.9. The SMILES string of the molecule is CC(C)N1CCCN(CC2(C)COC2)C[C@@H]1C. The van der Waals surface area contributed by atoms with Gasteiger partial charge in [0.25, 0.3) is 0 Å². The molecule has 0 unspecified atom stereocenters. The molecule has 100 valence electrons. The monoisotopic (exact) mass is 240 g/mol. The second-order valence-corrected chi connectivity index (χ2v) is 6.57. The van der Waals surface area contributed by atoms with Crippen molar-refractivity contribution in [1.82, 2.24) is 9.80 Å². The van der Waals surface area contributed by atoms with Crippen LogP contribution in [0.15, 0.2) is 0 Å². The Hall–Kier alpha value is -0.120. The van der Waals surface area contributed by atoms with E-state index in [-0.39, 0.29) is 0 Å². The Morgan fingerprint density at radius 1 is 1.29 bits per heavy atom. The predicted octanol–water partition coefficient (Wildman–Crippen LogP) is 1.83. The van der Waals surface area contributed by atoms with E-state index < -0.39 is 0 Å². The van der Waals surface area contributed by atoms with Gasteiger partial charge < -0.3 is 9.64 Å². The van der Waals surface area contributed by atoms with Crippen LogP contribution in [0.1, 0.15) is 34.1 Å². The third-order valence-corrected chi connectivity index (χ3v) is 4.15. The van der Waals surface area contributed by atoms with Crippen molar-refractivity contribution in [2.75, 3.05) is 39.4 Å². The molecule has 0 aromatic carbocycles. The summed E-state index contributed by atoms with van der Waals surface area (Å²) < 4.78 is 5.36. The van der Waals surface area contributed by atoms with Gasteiger partial charge in [0.2, 0.25) is 0 Å². The van der Waals surface area contributed by atoms with Gasteiger partial charge in [-0.25, -0.2) is 0 Å². The van der Waals surface area contributed by atoms with Crippen molar-refractivity contribution >= 4 is 0 Å². The van der Waals surface area contributed by atoms with Crippen molar-refractivity contribution in [3.8, 4) is 0 Å². The first-order valence-electron chi connectivity index (χ1n) is 7.06. The van der Waals surface area contributed by atoms with Crippen LogP contribution in [0.3, 0.4) is 0 Å². The topological polar surface area (TPSA) is 15.7 Å². The first kappa shape index (κ1) is 13.3. The lowest BCUT2D eigenvalue weighted by Gasteiger charge is -2.42. The summed E-state index contributed by atoms with van der Waals surface area (Å²) in [5, 5.41) is 0. The summed E-state index contributed by atoms with van der Waals surface area (Å²) in [5.74, 6) is 0. The molecule has 0 amide bonds. The molecule has 3 heteroatoms. The molecule has 1 atom stereocenters. The molecule has 0 radical (unpaired) electrons. The van der Waals surface area contributed by atoms with Crippen molar-refractivity contribution < 1.29 is 4.74 Å². The maximum atomic E-state index is 5.36. The van der Waals surface area contributed by atoms with Crippen LogP contribution in [0.4, 0.5) is 0 Å². The van der Waals surface area contributed by atoms with Crippen molar-refractivity contribution in [2.24, 2.45) is 5.41 Å². The minimum absolute atomic E-state index is 0.423. The molecule has 0 aromatic rings. The van der Waals surface area contributed by atoms with Gasteiger partial charge in [0.1, 0.15) is 0 Å². The largest absolute Gasteiger partial charge is 0.380 e. The smallest absolute Gasteiger partial charge is 0.0554 e. The third-order valence-electron chi connectivity index (χ3n) is 4.15. The molecule has 2 fully saturated rings. The third kappa shape index (κ3) is 3.21. The van der Waals surface area contributed by atoms with Crippen LogP contribution < -0.4 is 0 Å². The molecular weight excluding hydrogens is 212 g/mol. The normalized spacial score (nSPS) is 31.2. The van der Waals surface area contributed by atoms with E-state index >= 15 is 0 Å². The molecule has 2 aliphatic heterocycles. The Morgan fingerprint density at radius 2 is 2.00 bits per heavy atom. The first-order chi connectivity index (χ1) is 8.00. The van der Waals surface area contributed by atoms with Gasteiger partial charge in [-0.05, 0) is 40.3 Å². The van der Waals surface area contributed by atoms with E-state index in [9.17, 15) is 0 Å². The van der Waals surface area contributed by atoms with Crippen LogP contribution in [0, 0.1) is 5.41 Å². The van der Waals surface area contributed by atoms with Crippen molar-refractivity contribution in [3.05, 3.63) is 0 Å². The van der Waals surface area contributed by atoms with Gasteiger partial charge in [-0.2, -0.15) is 0 Å². The summed E-state index contributed by atoms with van der Waals surface area (Å²) in [5.41, 5.74) is 0.423. The molecule has 0 saturated carbocycles. The zero-order valence-electron chi connectivity index (χ0n) is 11.9.